The minimum absolute atomic E-state index is 0.0143. The lowest BCUT2D eigenvalue weighted by molar-refractivity contribution is 0.186. The van der Waals surface area contributed by atoms with Gasteiger partial charge in [-0.3, -0.25) is 0 Å². The van der Waals surface area contributed by atoms with E-state index in [1.165, 1.54) is 18.4 Å². The van der Waals surface area contributed by atoms with Gasteiger partial charge in [-0.25, -0.2) is 4.79 Å². The van der Waals surface area contributed by atoms with Crippen LogP contribution in [0.2, 0.25) is 0 Å². The van der Waals surface area contributed by atoms with E-state index in [4.69, 9.17) is 4.74 Å². The molecular formula is C17H26N2O2. The fourth-order valence-corrected chi connectivity index (χ4v) is 2.61. The van der Waals surface area contributed by atoms with Crippen molar-refractivity contribution < 1.29 is 9.53 Å². The number of likely N-dealkylation sites (tertiary alicyclic amines) is 1. The number of benzene rings is 1. The molecule has 1 aromatic rings. The van der Waals surface area contributed by atoms with Crippen molar-refractivity contribution >= 4 is 6.03 Å². The molecule has 2 amide bonds. The number of urea groups is 1. The summed E-state index contributed by atoms with van der Waals surface area (Å²) in [6.07, 6.45) is 6.90. The number of rotatable bonds is 5. The molecule has 0 saturated carbocycles. The molecule has 2 rings (SSSR count). The molecule has 21 heavy (non-hydrogen) atoms. The highest BCUT2D eigenvalue weighted by atomic mass is 16.5. The Morgan fingerprint density at radius 3 is 2.43 bits per heavy atom. The smallest absolute Gasteiger partial charge is 0.320 e. The number of carbonyl (C=O) groups is 1. The summed E-state index contributed by atoms with van der Waals surface area (Å²) in [5.41, 5.74) is 1.32. The second-order valence-corrected chi connectivity index (χ2v) is 5.57. The van der Waals surface area contributed by atoms with E-state index in [1.807, 2.05) is 17.0 Å². The highest BCUT2D eigenvalue weighted by molar-refractivity contribution is 5.74. The van der Waals surface area contributed by atoms with Gasteiger partial charge in [-0.1, -0.05) is 38.3 Å². The van der Waals surface area contributed by atoms with Crippen LogP contribution in [0.1, 0.15) is 44.6 Å². The zero-order chi connectivity index (χ0) is 14.9. The first-order chi connectivity index (χ1) is 10.3. The second kappa shape index (κ2) is 8.55. The van der Waals surface area contributed by atoms with E-state index in [-0.39, 0.29) is 12.8 Å². The van der Waals surface area contributed by atoms with E-state index in [9.17, 15) is 4.79 Å². The van der Waals surface area contributed by atoms with Gasteiger partial charge in [0.15, 0.2) is 6.73 Å². The van der Waals surface area contributed by atoms with Gasteiger partial charge in [0.25, 0.3) is 0 Å². The monoisotopic (exact) mass is 290 g/mol. The minimum atomic E-state index is -0.0143. The molecule has 0 atom stereocenters. The summed E-state index contributed by atoms with van der Waals surface area (Å²) in [5, 5.41) is 2.83. The van der Waals surface area contributed by atoms with Crippen molar-refractivity contribution in [1.29, 1.82) is 0 Å². The summed E-state index contributed by atoms with van der Waals surface area (Å²) in [6, 6.07) is 8.07. The maximum Gasteiger partial charge on any atom is 0.320 e. The van der Waals surface area contributed by atoms with Crippen LogP contribution < -0.4 is 10.1 Å². The molecule has 1 saturated heterocycles. The summed E-state index contributed by atoms with van der Waals surface area (Å²) in [4.78, 5) is 13.9. The van der Waals surface area contributed by atoms with Gasteiger partial charge in [-0.2, -0.15) is 0 Å². The summed E-state index contributed by atoms with van der Waals surface area (Å²) in [5.74, 6) is 0.797. The third-order valence-corrected chi connectivity index (χ3v) is 3.82. The molecule has 0 spiro atoms. The largest absolute Gasteiger partial charge is 0.473 e. The van der Waals surface area contributed by atoms with Crippen molar-refractivity contribution in [2.45, 2.75) is 45.4 Å². The third-order valence-electron chi connectivity index (χ3n) is 3.82. The highest BCUT2D eigenvalue weighted by Gasteiger charge is 2.14. The van der Waals surface area contributed by atoms with Crippen LogP contribution in [-0.2, 0) is 6.42 Å². The Hall–Kier alpha value is -1.71. The Morgan fingerprint density at radius 1 is 1.14 bits per heavy atom. The number of hydrogen-bond donors (Lipinski definition) is 1. The molecule has 1 aromatic carbocycles. The first-order valence-electron chi connectivity index (χ1n) is 8.04. The Kier molecular flexibility index (Phi) is 6.38. The van der Waals surface area contributed by atoms with Crippen molar-refractivity contribution in [3.63, 3.8) is 0 Å². The standard InChI is InChI=1S/C17H26N2O2/c1-2-7-15-8-10-16(11-9-15)21-14-18-17(20)19-12-5-3-4-6-13-19/h8-11H,2-7,12-14H2,1H3,(H,18,20). The Labute approximate surface area is 127 Å². The summed E-state index contributed by atoms with van der Waals surface area (Å²) >= 11 is 0. The van der Waals surface area contributed by atoms with Gasteiger partial charge < -0.3 is 15.0 Å². The van der Waals surface area contributed by atoms with E-state index >= 15 is 0 Å². The first kappa shape index (κ1) is 15.7. The second-order valence-electron chi connectivity index (χ2n) is 5.57. The molecule has 1 aliphatic heterocycles. The normalized spacial score (nSPS) is 15.4. The van der Waals surface area contributed by atoms with Crippen LogP contribution in [0, 0.1) is 0 Å². The minimum Gasteiger partial charge on any atom is -0.473 e. The van der Waals surface area contributed by atoms with Crippen LogP contribution >= 0.6 is 0 Å². The quantitative estimate of drug-likeness (QED) is 0.842. The van der Waals surface area contributed by atoms with Gasteiger partial charge >= 0.3 is 6.03 Å². The topological polar surface area (TPSA) is 41.6 Å². The Morgan fingerprint density at radius 2 is 1.81 bits per heavy atom. The van der Waals surface area contributed by atoms with Crippen molar-refractivity contribution in [2.75, 3.05) is 19.8 Å². The molecule has 0 unspecified atom stereocenters. The molecule has 1 fully saturated rings. The molecule has 1 N–H and O–H groups in total. The lowest BCUT2D eigenvalue weighted by atomic mass is 10.1. The van der Waals surface area contributed by atoms with Crippen LogP contribution in [0.25, 0.3) is 0 Å². The molecular weight excluding hydrogens is 264 g/mol. The van der Waals surface area contributed by atoms with Gasteiger partial charge in [-0.15, -0.1) is 0 Å². The highest BCUT2D eigenvalue weighted by Crippen LogP contribution is 2.13. The SMILES string of the molecule is CCCc1ccc(OCNC(=O)N2CCCCCC2)cc1. The van der Waals surface area contributed by atoms with Crippen molar-refractivity contribution in [2.24, 2.45) is 0 Å². The molecule has 0 aliphatic carbocycles. The van der Waals surface area contributed by atoms with E-state index in [0.29, 0.717) is 0 Å². The zero-order valence-corrected chi connectivity index (χ0v) is 12.9. The molecule has 1 aliphatic rings. The Bertz CT molecular complexity index is 423. The van der Waals surface area contributed by atoms with Crippen molar-refractivity contribution in [3.05, 3.63) is 29.8 Å². The van der Waals surface area contributed by atoms with Crippen molar-refractivity contribution in [1.82, 2.24) is 10.2 Å². The molecule has 0 aromatic heterocycles. The van der Waals surface area contributed by atoms with E-state index < -0.39 is 0 Å². The number of hydrogen-bond acceptors (Lipinski definition) is 2. The molecule has 0 bridgehead atoms. The lowest BCUT2D eigenvalue weighted by Crippen LogP contribution is -2.41. The maximum atomic E-state index is 12.0. The number of nitrogens with one attached hydrogen (secondary N) is 1. The van der Waals surface area contributed by atoms with E-state index in [1.54, 1.807) is 0 Å². The van der Waals surface area contributed by atoms with Crippen LogP contribution in [0.3, 0.4) is 0 Å². The third kappa shape index (κ3) is 5.29. The van der Waals surface area contributed by atoms with E-state index in [0.717, 1.165) is 44.5 Å². The zero-order valence-electron chi connectivity index (χ0n) is 12.9. The number of amides is 2. The number of ether oxygens (including phenoxy) is 1. The summed E-state index contributed by atoms with van der Waals surface area (Å²) in [7, 11) is 0. The number of aryl methyl sites for hydroxylation is 1. The molecule has 4 nitrogen and oxygen atoms in total. The van der Waals surface area contributed by atoms with Gasteiger partial charge in [0.1, 0.15) is 5.75 Å². The average molecular weight is 290 g/mol. The fourth-order valence-electron chi connectivity index (χ4n) is 2.61. The number of carbonyl (C=O) groups excluding carboxylic acids is 1. The first-order valence-corrected chi connectivity index (χ1v) is 8.04. The lowest BCUT2D eigenvalue weighted by Gasteiger charge is -2.20. The van der Waals surface area contributed by atoms with E-state index in [2.05, 4.69) is 24.4 Å². The van der Waals surface area contributed by atoms with Gasteiger partial charge in [0, 0.05) is 13.1 Å². The predicted molar refractivity (Wildman–Crippen MR) is 84.5 cm³/mol. The summed E-state index contributed by atoms with van der Waals surface area (Å²) in [6.45, 7) is 4.11. The molecule has 1 heterocycles. The maximum absolute atomic E-state index is 12.0. The van der Waals surface area contributed by atoms with Crippen LogP contribution in [-0.4, -0.2) is 30.8 Å². The van der Waals surface area contributed by atoms with Crippen LogP contribution in [0.5, 0.6) is 5.75 Å². The number of nitrogens with zero attached hydrogens (tertiary/aromatic N) is 1. The predicted octanol–water partition coefficient (Wildman–Crippen LogP) is 3.56. The van der Waals surface area contributed by atoms with Crippen molar-refractivity contribution in [3.8, 4) is 5.75 Å². The molecule has 4 heteroatoms. The van der Waals surface area contributed by atoms with Crippen LogP contribution in [0.15, 0.2) is 24.3 Å². The van der Waals surface area contributed by atoms with Gasteiger partial charge in [0.2, 0.25) is 0 Å². The van der Waals surface area contributed by atoms with Crippen LogP contribution in [0.4, 0.5) is 4.79 Å². The molecule has 0 radical (unpaired) electrons. The van der Waals surface area contributed by atoms with Gasteiger partial charge in [-0.05, 0) is 37.0 Å². The molecule has 116 valence electrons. The summed E-state index contributed by atoms with van der Waals surface area (Å²) < 4.78 is 5.57. The Balaban J connectivity index is 1.71. The fraction of sp³-hybridized carbons (Fsp3) is 0.588. The average Bonchev–Trinajstić information content (AvgIpc) is 2.78. The van der Waals surface area contributed by atoms with Gasteiger partial charge in [0.05, 0.1) is 0 Å².